The average Bonchev–Trinajstić information content (AvgIpc) is 2.72. The summed E-state index contributed by atoms with van der Waals surface area (Å²) < 4.78 is 31.7. The molecule has 0 saturated carbocycles. The summed E-state index contributed by atoms with van der Waals surface area (Å²) in [6.45, 7) is 0.295. The largest absolute Gasteiger partial charge is 0.488 e. The molecule has 0 aromatic heterocycles. The van der Waals surface area contributed by atoms with Gasteiger partial charge in [0.25, 0.3) is 0 Å². The highest BCUT2D eigenvalue weighted by molar-refractivity contribution is 6.04. The van der Waals surface area contributed by atoms with Crippen LogP contribution in [-0.2, 0) is 11.4 Å². The van der Waals surface area contributed by atoms with Gasteiger partial charge in [-0.15, -0.1) is 0 Å². The Kier molecular flexibility index (Phi) is 6.47. The van der Waals surface area contributed by atoms with E-state index in [2.05, 4.69) is 0 Å². The normalized spacial score (nSPS) is 11.2. The molecule has 0 aliphatic rings. The minimum Gasteiger partial charge on any atom is -0.488 e. The molecule has 0 bridgehead atoms. The van der Waals surface area contributed by atoms with Crippen LogP contribution in [0.2, 0.25) is 0 Å². The van der Waals surface area contributed by atoms with Crippen LogP contribution >= 0.6 is 0 Å². The van der Waals surface area contributed by atoms with E-state index in [1.807, 2.05) is 24.3 Å². The zero-order chi connectivity index (χ0) is 19.8. The third-order valence-electron chi connectivity index (χ3n) is 3.96. The molecule has 0 spiro atoms. The Morgan fingerprint density at radius 1 is 0.786 bits per heavy atom. The van der Waals surface area contributed by atoms with Gasteiger partial charge in [-0.3, -0.25) is 4.79 Å². The van der Waals surface area contributed by atoms with Gasteiger partial charge in [-0.1, -0.05) is 48.5 Å². The van der Waals surface area contributed by atoms with E-state index in [4.69, 9.17) is 4.74 Å². The lowest BCUT2D eigenvalue weighted by atomic mass is 10.1. The Morgan fingerprint density at radius 3 is 2.11 bits per heavy atom. The van der Waals surface area contributed by atoms with Crippen molar-refractivity contribution >= 4 is 17.9 Å². The molecular formula is C24H18F2O2. The van der Waals surface area contributed by atoms with Crippen molar-refractivity contribution in [2.24, 2.45) is 0 Å². The third kappa shape index (κ3) is 5.74. The van der Waals surface area contributed by atoms with Crippen molar-refractivity contribution in [3.8, 4) is 5.75 Å². The molecule has 0 saturated heterocycles. The minimum absolute atomic E-state index is 0.197. The van der Waals surface area contributed by atoms with Crippen molar-refractivity contribution in [1.29, 1.82) is 0 Å². The number of benzene rings is 3. The van der Waals surface area contributed by atoms with E-state index < -0.39 is 0 Å². The zero-order valence-corrected chi connectivity index (χ0v) is 15.0. The van der Waals surface area contributed by atoms with Crippen LogP contribution in [0.3, 0.4) is 0 Å². The van der Waals surface area contributed by atoms with Gasteiger partial charge in [0.15, 0.2) is 5.78 Å². The first-order valence-corrected chi connectivity index (χ1v) is 8.72. The number of ether oxygens (including phenoxy) is 1. The number of carbonyl (C=O) groups excluding carboxylic acids is 1. The fourth-order valence-corrected chi connectivity index (χ4v) is 2.47. The summed E-state index contributed by atoms with van der Waals surface area (Å²) in [5, 5.41) is 0. The maximum absolute atomic E-state index is 13.0. The first-order valence-electron chi connectivity index (χ1n) is 8.72. The fourth-order valence-electron chi connectivity index (χ4n) is 2.47. The maximum atomic E-state index is 13.0. The molecule has 0 aliphatic heterocycles. The molecule has 0 radical (unpaired) electrons. The van der Waals surface area contributed by atoms with E-state index in [1.165, 1.54) is 36.4 Å². The summed E-state index contributed by atoms with van der Waals surface area (Å²) >= 11 is 0. The van der Waals surface area contributed by atoms with Crippen LogP contribution in [0.5, 0.6) is 5.75 Å². The van der Waals surface area contributed by atoms with Crippen LogP contribution in [0.15, 0.2) is 84.9 Å². The predicted octanol–water partition coefficient (Wildman–Crippen LogP) is 5.84. The lowest BCUT2D eigenvalue weighted by molar-refractivity contribution is -0.110. The van der Waals surface area contributed by atoms with Gasteiger partial charge in [-0.05, 0) is 59.7 Å². The Labute approximate surface area is 162 Å². The van der Waals surface area contributed by atoms with Gasteiger partial charge in [0.05, 0.1) is 0 Å². The number of hydrogen-bond acceptors (Lipinski definition) is 2. The Bertz CT molecular complexity index is 988. The number of para-hydroxylation sites is 1. The van der Waals surface area contributed by atoms with Crippen LogP contribution in [-0.4, -0.2) is 5.78 Å². The Hall–Kier alpha value is -3.53. The van der Waals surface area contributed by atoms with Crippen molar-refractivity contribution in [2.75, 3.05) is 0 Å². The van der Waals surface area contributed by atoms with Gasteiger partial charge in [-0.25, -0.2) is 8.78 Å². The molecule has 3 aromatic rings. The second kappa shape index (κ2) is 9.42. The van der Waals surface area contributed by atoms with Crippen LogP contribution in [0.1, 0.15) is 16.7 Å². The van der Waals surface area contributed by atoms with Crippen LogP contribution in [0.25, 0.3) is 12.2 Å². The molecule has 0 fully saturated rings. The summed E-state index contributed by atoms with van der Waals surface area (Å²) in [5.74, 6) is -0.184. The molecule has 3 aromatic carbocycles. The molecule has 0 heterocycles. The monoisotopic (exact) mass is 376 g/mol. The molecule has 4 heteroatoms. The fraction of sp³-hybridized carbons (Fsp3) is 0.0417. The Morgan fingerprint density at radius 2 is 1.39 bits per heavy atom. The number of hydrogen-bond donors (Lipinski definition) is 0. The van der Waals surface area contributed by atoms with Crippen molar-refractivity contribution in [1.82, 2.24) is 0 Å². The first kappa shape index (κ1) is 19.2. The SMILES string of the molecule is O=C(/C=C/c1ccc(F)cc1)/C=C/c1ccccc1OCc1ccc(F)cc1. The highest BCUT2D eigenvalue weighted by Gasteiger charge is 2.02. The van der Waals surface area contributed by atoms with Gasteiger partial charge in [-0.2, -0.15) is 0 Å². The number of ketones is 1. The molecule has 0 unspecified atom stereocenters. The van der Waals surface area contributed by atoms with E-state index in [0.717, 1.165) is 16.7 Å². The molecule has 140 valence electrons. The van der Waals surface area contributed by atoms with Gasteiger partial charge in [0.1, 0.15) is 24.0 Å². The van der Waals surface area contributed by atoms with Crippen molar-refractivity contribution in [3.63, 3.8) is 0 Å². The molecule has 0 atom stereocenters. The molecule has 28 heavy (non-hydrogen) atoms. The zero-order valence-electron chi connectivity index (χ0n) is 15.0. The molecule has 0 aliphatic carbocycles. The van der Waals surface area contributed by atoms with Crippen molar-refractivity contribution in [3.05, 3.63) is 113 Å². The highest BCUT2D eigenvalue weighted by atomic mass is 19.1. The minimum atomic E-state index is -0.319. The predicted molar refractivity (Wildman–Crippen MR) is 107 cm³/mol. The molecule has 0 amide bonds. The number of rotatable bonds is 7. The first-order chi connectivity index (χ1) is 13.6. The van der Waals surface area contributed by atoms with E-state index >= 15 is 0 Å². The second-order valence-electron chi connectivity index (χ2n) is 6.07. The third-order valence-corrected chi connectivity index (χ3v) is 3.96. The summed E-state index contributed by atoms with van der Waals surface area (Å²) in [7, 11) is 0. The van der Waals surface area contributed by atoms with Gasteiger partial charge < -0.3 is 4.74 Å². The van der Waals surface area contributed by atoms with Gasteiger partial charge >= 0.3 is 0 Å². The second-order valence-corrected chi connectivity index (χ2v) is 6.07. The van der Waals surface area contributed by atoms with Crippen LogP contribution < -0.4 is 4.74 Å². The topological polar surface area (TPSA) is 26.3 Å². The van der Waals surface area contributed by atoms with E-state index in [0.29, 0.717) is 12.4 Å². The number of halogens is 2. The average molecular weight is 376 g/mol. The summed E-state index contributed by atoms with van der Waals surface area (Å²) in [6.07, 6.45) is 6.17. The molecular weight excluding hydrogens is 358 g/mol. The van der Waals surface area contributed by atoms with E-state index in [-0.39, 0.29) is 17.4 Å². The lowest BCUT2D eigenvalue weighted by Crippen LogP contribution is -1.97. The van der Waals surface area contributed by atoms with Crippen molar-refractivity contribution in [2.45, 2.75) is 6.61 Å². The molecule has 3 rings (SSSR count). The smallest absolute Gasteiger partial charge is 0.178 e. The maximum Gasteiger partial charge on any atom is 0.178 e. The van der Waals surface area contributed by atoms with Gasteiger partial charge in [0, 0.05) is 5.56 Å². The van der Waals surface area contributed by atoms with E-state index in [9.17, 15) is 13.6 Å². The molecule has 0 N–H and O–H groups in total. The van der Waals surface area contributed by atoms with Gasteiger partial charge in [0.2, 0.25) is 0 Å². The number of allylic oxidation sites excluding steroid dienone is 2. The summed E-state index contributed by atoms with van der Waals surface area (Å²) in [5.41, 5.74) is 2.35. The highest BCUT2D eigenvalue weighted by Crippen LogP contribution is 2.21. The standard InChI is InChI=1S/C24H18F2O2/c25-21-11-5-18(6-12-21)9-15-23(27)16-10-20-3-1-2-4-24(20)28-17-19-7-13-22(26)14-8-19/h1-16H,17H2/b15-9+,16-10+. The summed E-state index contributed by atoms with van der Waals surface area (Å²) in [6, 6.07) is 19.3. The number of carbonyl (C=O) groups is 1. The van der Waals surface area contributed by atoms with Crippen LogP contribution in [0, 0.1) is 11.6 Å². The lowest BCUT2D eigenvalue weighted by Gasteiger charge is -2.09. The van der Waals surface area contributed by atoms with Crippen LogP contribution in [0.4, 0.5) is 8.78 Å². The Balaban J connectivity index is 1.63. The van der Waals surface area contributed by atoms with E-state index in [1.54, 1.807) is 36.4 Å². The molecule has 2 nitrogen and oxygen atoms in total. The quantitative estimate of drug-likeness (QED) is 0.484. The van der Waals surface area contributed by atoms with Crippen molar-refractivity contribution < 1.29 is 18.3 Å². The summed E-state index contributed by atoms with van der Waals surface area (Å²) in [4.78, 5) is 12.1.